The fourth-order valence-corrected chi connectivity index (χ4v) is 5.18. The minimum Gasteiger partial charge on any atom is -0.366 e. The number of rotatable bonds is 10. The number of hydrogen-bond acceptors (Lipinski definition) is 4. The normalized spacial score (nSPS) is 13.7. The summed E-state index contributed by atoms with van der Waals surface area (Å²) < 4.78 is 0. The van der Waals surface area contributed by atoms with Crippen molar-refractivity contribution in [3.05, 3.63) is 95.1 Å². The molecule has 43 heavy (non-hydrogen) atoms. The molecule has 0 atom stereocenters. The lowest BCUT2D eigenvalue weighted by Gasteiger charge is -2.26. The van der Waals surface area contributed by atoms with Gasteiger partial charge >= 0.3 is 6.03 Å². The van der Waals surface area contributed by atoms with Crippen molar-refractivity contribution in [2.45, 2.75) is 64.3 Å². The van der Waals surface area contributed by atoms with Gasteiger partial charge in [0, 0.05) is 29.0 Å². The van der Waals surface area contributed by atoms with Gasteiger partial charge in [0.2, 0.25) is 5.96 Å². The largest absolute Gasteiger partial charge is 0.366 e. The summed E-state index contributed by atoms with van der Waals surface area (Å²) in [6.45, 7) is 2.89. The number of carbonyl (C=O) groups excluding carboxylic acids is 3. The third kappa shape index (κ3) is 8.81. The van der Waals surface area contributed by atoms with E-state index in [0.717, 1.165) is 24.1 Å². The van der Waals surface area contributed by atoms with Crippen LogP contribution < -0.4 is 21.3 Å². The molecule has 1 saturated carbocycles. The van der Waals surface area contributed by atoms with E-state index in [9.17, 15) is 14.4 Å². The van der Waals surface area contributed by atoms with Crippen LogP contribution in [0.3, 0.4) is 0 Å². The van der Waals surface area contributed by atoms with Crippen molar-refractivity contribution in [1.82, 2.24) is 5.32 Å². The summed E-state index contributed by atoms with van der Waals surface area (Å²) in [7, 11) is 0. The second-order valence-corrected chi connectivity index (χ2v) is 10.7. The molecular weight excluding hydrogens is 542 g/mol. The molecule has 1 fully saturated rings. The summed E-state index contributed by atoms with van der Waals surface area (Å²) in [5.74, 6) is -0.666. The molecular formula is C33H39N7O3. The SMILES string of the molecule is CCCCNC(=O)c1cccc(NC(=O)N(Cc2ccc(C(=O)N=C(N)N=N)cc2)c2ccc(C3CCCCC3)cc2)c1. The highest BCUT2D eigenvalue weighted by Gasteiger charge is 2.20. The molecule has 0 bridgehead atoms. The summed E-state index contributed by atoms with van der Waals surface area (Å²) in [5, 5.41) is 8.81. The quantitative estimate of drug-likeness (QED) is 0.0882. The third-order valence-corrected chi connectivity index (χ3v) is 7.59. The highest BCUT2D eigenvalue weighted by molar-refractivity contribution is 6.03. The molecule has 0 radical (unpaired) electrons. The maximum atomic E-state index is 13.7. The average molecular weight is 582 g/mol. The average Bonchev–Trinajstić information content (AvgIpc) is 3.04. The van der Waals surface area contributed by atoms with E-state index in [1.165, 1.54) is 37.7 Å². The molecule has 0 heterocycles. The molecule has 0 saturated heterocycles. The van der Waals surface area contributed by atoms with E-state index in [4.69, 9.17) is 11.3 Å². The molecule has 10 heteroatoms. The van der Waals surface area contributed by atoms with Crippen molar-refractivity contribution in [3.8, 4) is 0 Å². The Balaban J connectivity index is 1.55. The molecule has 3 aromatic rings. The Morgan fingerprint density at radius 2 is 1.67 bits per heavy atom. The number of amides is 4. The summed E-state index contributed by atoms with van der Waals surface area (Å²) >= 11 is 0. The van der Waals surface area contributed by atoms with Crippen LogP contribution in [0.15, 0.2) is 82.9 Å². The van der Waals surface area contributed by atoms with Crippen LogP contribution in [-0.4, -0.2) is 30.3 Å². The molecule has 5 N–H and O–H groups in total. The standard InChI is InChI=1S/C33H39N7O3/c1-2-3-20-36-30(41)27-10-7-11-28(21-27)37-33(43)40(29-18-16-25(17-19-29)24-8-5-4-6-9-24)22-23-12-14-26(15-13-23)31(42)38-32(34)39-35/h7,10-19,21,24,35H,2-6,8-9,20,22H2,1H3,(H,36,41)(H,37,43)(H2,34,38,42). The lowest BCUT2D eigenvalue weighted by molar-refractivity contribution is 0.0952. The molecule has 224 valence electrons. The summed E-state index contributed by atoms with van der Waals surface area (Å²) in [6, 6.07) is 21.4. The van der Waals surface area contributed by atoms with Gasteiger partial charge in [0.15, 0.2) is 0 Å². The number of nitrogens with zero attached hydrogens (tertiary/aromatic N) is 3. The first-order valence-corrected chi connectivity index (χ1v) is 14.8. The number of urea groups is 1. The number of hydrogen-bond donors (Lipinski definition) is 4. The molecule has 4 rings (SSSR count). The summed E-state index contributed by atoms with van der Waals surface area (Å²) in [5.41, 5.74) is 16.3. The zero-order chi connectivity index (χ0) is 30.6. The fourth-order valence-electron chi connectivity index (χ4n) is 5.18. The van der Waals surface area contributed by atoms with Crippen LogP contribution in [0, 0.1) is 5.53 Å². The number of nitrogens with one attached hydrogen (secondary N) is 3. The predicted molar refractivity (Wildman–Crippen MR) is 169 cm³/mol. The Kier molecular flexibility index (Phi) is 11.1. The van der Waals surface area contributed by atoms with Crippen LogP contribution >= 0.6 is 0 Å². The second-order valence-electron chi connectivity index (χ2n) is 10.7. The lowest BCUT2D eigenvalue weighted by atomic mass is 9.84. The van der Waals surface area contributed by atoms with Gasteiger partial charge in [-0.15, -0.1) is 5.11 Å². The Labute approximate surface area is 252 Å². The monoisotopic (exact) mass is 581 g/mol. The molecule has 4 amide bonds. The first kappa shape index (κ1) is 31.1. The first-order chi connectivity index (χ1) is 20.9. The van der Waals surface area contributed by atoms with Gasteiger partial charge in [0.25, 0.3) is 11.8 Å². The van der Waals surface area contributed by atoms with E-state index in [1.807, 2.05) is 12.1 Å². The topological polar surface area (TPSA) is 153 Å². The third-order valence-electron chi connectivity index (χ3n) is 7.59. The second kappa shape index (κ2) is 15.4. The van der Waals surface area contributed by atoms with Crippen LogP contribution in [0.4, 0.5) is 16.2 Å². The summed E-state index contributed by atoms with van der Waals surface area (Å²) in [6.07, 6.45) is 8.01. The Hall–Kier alpha value is -4.86. The van der Waals surface area contributed by atoms with Gasteiger partial charge in [-0.25, -0.2) is 10.3 Å². The van der Waals surface area contributed by atoms with Crippen LogP contribution in [0.1, 0.15) is 89.6 Å². The Morgan fingerprint density at radius 1 is 0.953 bits per heavy atom. The van der Waals surface area contributed by atoms with Gasteiger partial charge in [0.1, 0.15) is 0 Å². The van der Waals surface area contributed by atoms with Gasteiger partial charge in [-0.3, -0.25) is 14.5 Å². The number of anilines is 2. The molecule has 1 aliphatic carbocycles. The van der Waals surface area contributed by atoms with E-state index in [2.05, 4.69) is 39.8 Å². The molecule has 0 unspecified atom stereocenters. The van der Waals surface area contributed by atoms with E-state index in [1.54, 1.807) is 53.4 Å². The number of nitrogens with two attached hydrogens (primary N) is 1. The highest BCUT2D eigenvalue weighted by Crippen LogP contribution is 2.33. The van der Waals surface area contributed by atoms with Gasteiger partial charge in [0.05, 0.1) is 6.54 Å². The first-order valence-electron chi connectivity index (χ1n) is 14.8. The van der Waals surface area contributed by atoms with Crippen molar-refractivity contribution >= 4 is 35.2 Å². The zero-order valence-electron chi connectivity index (χ0n) is 24.5. The van der Waals surface area contributed by atoms with Crippen molar-refractivity contribution < 1.29 is 14.4 Å². The number of carbonyl (C=O) groups is 3. The van der Waals surface area contributed by atoms with Gasteiger partial charge in [-0.1, -0.05) is 62.9 Å². The summed E-state index contributed by atoms with van der Waals surface area (Å²) in [4.78, 5) is 43.8. The zero-order valence-corrected chi connectivity index (χ0v) is 24.5. The number of benzene rings is 3. The van der Waals surface area contributed by atoms with Gasteiger partial charge in [-0.2, -0.15) is 4.99 Å². The molecule has 10 nitrogen and oxygen atoms in total. The van der Waals surface area contributed by atoms with Crippen molar-refractivity contribution in [2.75, 3.05) is 16.8 Å². The molecule has 1 aliphatic rings. The molecule has 3 aromatic carbocycles. The molecule has 0 aliphatic heterocycles. The van der Waals surface area contributed by atoms with Crippen LogP contribution in [0.5, 0.6) is 0 Å². The van der Waals surface area contributed by atoms with Gasteiger partial charge < -0.3 is 16.4 Å². The van der Waals surface area contributed by atoms with Crippen molar-refractivity contribution in [1.29, 1.82) is 5.53 Å². The maximum Gasteiger partial charge on any atom is 0.326 e. The van der Waals surface area contributed by atoms with E-state index in [-0.39, 0.29) is 24.0 Å². The fraction of sp³-hybridized carbons (Fsp3) is 0.333. The number of guanidine groups is 1. The number of unbranched alkanes of at least 4 members (excludes halogenated alkanes) is 1. The lowest BCUT2D eigenvalue weighted by Crippen LogP contribution is -2.34. The minimum absolute atomic E-state index is 0.183. The van der Waals surface area contributed by atoms with Crippen molar-refractivity contribution in [3.63, 3.8) is 0 Å². The highest BCUT2D eigenvalue weighted by atomic mass is 16.2. The minimum atomic E-state index is -0.605. The van der Waals surface area contributed by atoms with E-state index < -0.39 is 11.9 Å². The maximum absolute atomic E-state index is 13.7. The van der Waals surface area contributed by atoms with E-state index in [0.29, 0.717) is 23.7 Å². The Morgan fingerprint density at radius 3 is 2.35 bits per heavy atom. The number of aliphatic imine (C=N–C) groups is 1. The van der Waals surface area contributed by atoms with Crippen molar-refractivity contribution in [2.24, 2.45) is 15.8 Å². The predicted octanol–water partition coefficient (Wildman–Crippen LogP) is 6.99. The van der Waals surface area contributed by atoms with Crippen LogP contribution in [0.2, 0.25) is 0 Å². The van der Waals surface area contributed by atoms with Crippen LogP contribution in [0.25, 0.3) is 0 Å². The molecule has 0 spiro atoms. The smallest absolute Gasteiger partial charge is 0.326 e. The van der Waals surface area contributed by atoms with Crippen LogP contribution in [-0.2, 0) is 6.54 Å². The van der Waals surface area contributed by atoms with E-state index >= 15 is 0 Å². The Bertz CT molecular complexity index is 1450. The van der Waals surface area contributed by atoms with Gasteiger partial charge in [-0.05, 0) is 78.8 Å². The molecule has 0 aromatic heterocycles.